The Balaban J connectivity index is 1.52. The fourth-order valence-corrected chi connectivity index (χ4v) is 4.93. The third-order valence-electron chi connectivity index (χ3n) is 5.69. The summed E-state index contributed by atoms with van der Waals surface area (Å²) < 4.78 is 17.4. The number of oxazole rings is 1. The maximum absolute atomic E-state index is 13.5. The van der Waals surface area contributed by atoms with E-state index in [1.807, 2.05) is 29.6 Å². The normalized spacial score (nSPS) is 15.6. The molecule has 4 aromatic rings. The highest BCUT2D eigenvalue weighted by Crippen LogP contribution is 2.38. The Morgan fingerprint density at radius 3 is 2.74 bits per heavy atom. The lowest BCUT2D eigenvalue weighted by molar-refractivity contribution is -0.133. The molecule has 34 heavy (non-hydrogen) atoms. The largest absolute Gasteiger partial charge is 0.493 e. The molecule has 174 valence electrons. The first-order valence-electron chi connectivity index (χ1n) is 10.4. The van der Waals surface area contributed by atoms with E-state index < -0.39 is 5.76 Å². The van der Waals surface area contributed by atoms with Crippen molar-refractivity contribution in [2.45, 2.75) is 19.0 Å². The van der Waals surface area contributed by atoms with Crippen LogP contribution in [-0.2, 0) is 11.3 Å². The van der Waals surface area contributed by atoms with Crippen LogP contribution in [0, 0.1) is 0 Å². The summed E-state index contributed by atoms with van der Waals surface area (Å²) in [5.74, 6) is 0.184. The zero-order valence-corrected chi connectivity index (χ0v) is 19.9. The number of amides is 1. The number of rotatable bonds is 6. The van der Waals surface area contributed by atoms with Gasteiger partial charge in [-0.25, -0.2) is 9.80 Å². The van der Waals surface area contributed by atoms with Crippen molar-refractivity contribution in [2.24, 2.45) is 5.10 Å². The average Bonchev–Trinajstić information content (AvgIpc) is 3.57. The van der Waals surface area contributed by atoms with Crippen molar-refractivity contribution in [1.29, 1.82) is 0 Å². The van der Waals surface area contributed by atoms with Gasteiger partial charge >= 0.3 is 5.76 Å². The van der Waals surface area contributed by atoms with Crippen molar-refractivity contribution < 1.29 is 18.7 Å². The summed E-state index contributed by atoms with van der Waals surface area (Å²) in [4.78, 5) is 27.0. The van der Waals surface area contributed by atoms with Gasteiger partial charge in [-0.05, 0) is 41.3 Å². The van der Waals surface area contributed by atoms with Gasteiger partial charge in [0, 0.05) is 17.5 Å². The van der Waals surface area contributed by atoms with E-state index in [9.17, 15) is 9.59 Å². The second-order valence-corrected chi connectivity index (χ2v) is 9.05. The van der Waals surface area contributed by atoms with Crippen LogP contribution in [0.5, 0.6) is 11.5 Å². The van der Waals surface area contributed by atoms with Crippen molar-refractivity contribution in [3.8, 4) is 11.5 Å². The smallest absolute Gasteiger partial charge is 0.420 e. The van der Waals surface area contributed by atoms with Crippen LogP contribution in [0.1, 0.15) is 22.9 Å². The second kappa shape index (κ2) is 9.00. The molecular formula is C24H20ClN3O5S. The molecule has 3 heterocycles. The Bertz CT molecular complexity index is 1460. The number of methoxy groups -OCH3 is 2. The van der Waals surface area contributed by atoms with Crippen LogP contribution < -0.4 is 15.2 Å². The number of hydrogen-bond acceptors (Lipinski definition) is 7. The van der Waals surface area contributed by atoms with E-state index in [-0.39, 0.29) is 18.5 Å². The molecule has 0 saturated carbocycles. The highest BCUT2D eigenvalue weighted by atomic mass is 35.5. The number of nitrogens with zero attached hydrogens (tertiary/aromatic N) is 3. The Hall–Kier alpha value is -3.56. The number of hydrazone groups is 1. The first-order chi connectivity index (χ1) is 16.5. The Labute approximate surface area is 203 Å². The van der Waals surface area contributed by atoms with Gasteiger partial charge in [0.25, 0.3) is 5.91 Å². The minimum absolute atomic E-state index is 0.224. The van der Waals surface area contributed by atoms with Gasteiger partial charge in [0.2, 0.25) is 0 Å². The maximum Gasteiger partial charge on any atom is 0.420 e. The molecule has 10 heteroatoms. The lowest BCUT2D eigenvalue weighted by atomic mass is 10.0. The Morgan fingerprint density at radius 1 is 1.18 bits per heavy atom. The summed E-state index contributed by atoms with van der Waals surface area (Å²) in [5.41, 5.74) is 2.47. The van der Waals surface area contributed by atoms with Gasteiger partial charge in [0.1, 0.15) is 6.54 Å². The summed E-state index contributed by atoms with van der Waals surface area (Å²) in [6.07, 6.45) is 0.526. The number of fused-ring (bicyclic) bond motifs is 1. The van der Waals surface area contributed by atoms with Crippen molar-refractivity contribution in [1.82, 2.24) is 9.58 Å². The summed E-state index contributed by atoms with van der Waals surface area (Å²) >= 11 is 7.57. The molecule has 1 atom stereocenters. The lowest BCUT2D eigenvalue weighted by Crippen LogP contribution is -2.32. The molecule has 1 aliphatic heterocycles. The van der Waals surface area contributed by atoms with Gasteiger partial charge in [-0.1, -0.05) is 23.7 Å². The van der Waals surface area contributed by atoms with Gasteiger partial charge in [0.05, 0.1) is 36.4 Å². The molecule has 1 unspecified atom stereocenters. The van der Waals surface area contributed by atoms with Gasteiger partial charge < -0.3 is 13.9 Å². The minimum atomic E-state index is -0.630. The van der Waals surface area contributed by atoms with Crippen LogP contribution >= 0.6 is 22.9 Å². The summed E-state index contributed by atoms with van der Waals surface area (Å²) in [6, 6.07) is 13.9. The second-order valence-electron chi connectivity index (χ2n) is 7.66. The molecule has 0 N–H and O–H groups in total. The quantitative estimate of drug-likeness (QED) is 0.385. The molecule has 1 amide bonds. The van der Waals surface area contributed by atoms with Crippen molar-refractivity contribution in [3.05, 3.63) is 79.9 Å². The molecule has 2 aromatic heterocycles. The van der Waals surface area contributed by atoms with Crippen molar-refractivity contribution in [3.63, 3.8) is 0 Å². The number of ether oxygens (including phenoxy) is 2. The molecule has 0 fully saturated rings. The number of aromatic nitrogens is 1. The molecule has 1 aliphatic rings. The first kappa shape index (κ1) is 22.2. The number of halogens is 1. The molecule has 0 radical (unpaired) electrons. The third kappa shape index (κ3) is 3.97. The average molecular weight is 498 g/mol. The molecule has 8 nitrogen and oxygen atoms in total. The zero-order chi connectivity index (χ0) is 23.8. The molecular weight excluding hydrogens is 478 g/mol. The zero-order valence-electron chi connectivity index (χ0n) is 18.4. The van der Waals surface area contributed by atoms with Crippen LogP contribution in [0.3, 0.4) is 0 Å². The van der Waals surface area contributed by atoms with E-state index >= 15 is 0 Å². The topological polar surface area (TPSA) is 86.3 Å². The minimum Gasteiger partial charge on any atom is -0.493 e. The molecule has 0 aliphatic carbocycles. The predicted octanol–water partition coefficient (Wildman–Crippen LogP) is 4.70. The number of hydrogen-bond donors (Lipinski definition) is 0. The highest BCUT2D eigenvalue weighted by Gasteiger charge is 2.34. The van der Waals surface area contributed by atoms with E-state index in [2.05, 4.69) is 5.10 Å². The van der Waals surface area contributed by atoms with Crippen LogP contribution in [0.2, 0.25) is 5.02 Å². The van der Waals surface area contributed by atoms with Gasteiger partial charge in [-0.2, -0.15) is 5.10 Å². The highest BCUT2D eigenvalue weighted by molar-refractivity contribution is 7.12. The Kier molecular flexibility index (Phi) is 5.89. The summed E-state index contributed by atoms with van der Waals surface area (Å²) in [5, 5.41) is 8.52. The fourth-order valence-electron chi connectivity index (χ4n) is 4.05. The Morgan fingerprint density at radius 2 is 2.00 bits per heavy atom. The van der Waals surface area contributed by atoms with E-state index in [4.69, 9.17) is 25.5 Å². The SMILES string of the molecule is COc1ccc(C2CC(c3cccs3)=NN2C(=O)Cn2c(=O)oc3cc(Cl)ccc32)cc1OC. The summed E-state index contributed by atoms with van der Waals surface area (Å²) in [6.45, 7) is -0.224. The van der Waals surface area contributed by atoms with Crippen LogP contribution in [0.4, 0.5) is 0 Å². The van der Waals surface area contributed by atoms with Crippen molar-refractivity contribution in [2.75, 3.05) is 14.2 Å². The summed E-state index contributed by atoms with van der Waals surface area (Å²) in [7, 11) is 3.14. The molecule has 0 spiro atoms. The lowest BCUT2D eigenvalue weighted by Gasteiger charge is -2.23. The molecule has 2 aromatic carbocycles. The standard InChI is InChI=1S/C24H20ClN3O5S/c1-31-19-8-5-14(10-21(19)32-2)18-12-16(22-4-3-9-34-22)26-28(18)23(29)13-27-17-7-6-15(25)11-20(17)33-24(27)30/h3-11,18H,12-13H2,1-2H3. The number of carbonyl (C=O) groups excluding carboxylic acids is 1. The first-order valence-corrected chi connectivity index (χ1v) is 11.7. The van der Waals surface area contributed by atoms with Crippen LogP contribution in [0.15, 0.2) is 68.2 Å². The van der Waals surface area contributed by atoms with E-state index in [1.54, 1.807) is 49.8 Å². The third-order valence-corrected chi connectivity index (χ3v) is 6.84. The van der Waals surface area contributed by atoms with E-state index in [0.717, 1.165) is 16.2 Å². The maximum atomic E-state index is 13.5. The fraction of sp³-hybridized carbons (Fsp3) is 0.208. The van der Waals surface area contributed by atoms with Gasteiger partial charge in [0.15, 0.2) is 17.1 Å². The van der Waals surface area contributed by atoms with Gasteiger partial charge in [-0.3, -0.25) is 9.36 Å². The number of benzene rings is 2. The van der Waals surface area contributed by atoms with Crippen LogP contribution in [0.25, 0.3) is 11.1 Å². The predicted molar refractivity (Wildman–Crippen MR) is 130 cm³/mol. The monoisotopic (exact) mass is 497 g/mol. The van der Waals surface area contributed by atoms with Gasteiger partial charge in [-0.15, -0.1) is 11.3 Å². The van der Waals surface area contributed by atoms with E-state index in [1.165, 1.54) is 9.58 Å². The molecule has 0 bridgehead atoms. The van der Waals surface area contributed by atoms with Crippen molar-refractivity contribution >= 4 is 45.7 Å². The molecule has 5 rings (SSSR count). The number of carbonyl (C=O) groups is 1. The van der Waals surface area contributed by atoms with Crippen LogP contribution in [-0.4, -0.2) is 35.4 Å². The molecule has 0 saturated heterocycles. The number of thiophene rings is 1. The van der Waals surface area contributed by atoms with E-state index in [0.29, 0.717) is 34.0 Å².